The summed E-state index contributed by atoms with van der Waals surface area (Å²) in [5, 5.41) is 6.10. The third-order valence-electron chi connectivity index (χ3n) is 6.12. The molecule has 1 unspecified atom stereocenters. The van der Waals surface area contributed by atoms with Crippen molar-refractivity contribution in [2.24, 2.45) is 0 Å². The Bertz CT molecular complexity index is 944. The van der Waals surface area contributed by atoms with E-state index in [2.05, 4.69) is 41.0 Å². The first-order valence-electron chi connectivity index (χ1n) is 11.3. The number of hydrogen-bond acceptors (Lipinski definition) is 2. The Kier molecular flexibility index (Phi) is 7.50. The minimum absolute atomic E-state index is 0.0424. The highest BCUT2D eigenvalue weighted by atomic mass is 16.2. The van der Waals surface area contributed by atoms with Crippen LogP contribution in [0, 0.1) is 20.8 Å². The first-order valence-corrected chi connectivity index (χ1v) is 11.3. The van der Waals surface area contributed by atoms with Gasteiger partial charge >= 0.3 is 0 Å². The monoisotopic (exact) mass is 422 g/mol. The predicted octanol–water partition coefficient (Wildman–Crippen LogP) is 2.82. The van der Waals surface area contributed by atoms with Gasteiger partial charge in [0.1, 0.15) is 0 Å². The van der Waals surface area contributed by atoms with Gasteiger partial charge in [-0.3, -0.25) is 9.59 Å². The van der Waals surface area contributed by atoms with Gasteiger partial charge in [-0.25, -0.2) is 0 Å². The third-order valence-corrected chi connectivity index (χ3v) is 6.12. The van der Waals surface area contributed by atoms with Gasteiger partial charge in [0.05, 0.1) is 13.1 Å². The second-order valence-electron chi connectivity index (χ2n) is 9.16. The molecular formula is C26H36N3O2+. The molecule has 0 saturated carbocycles. The van der Waals surface area contributed by atoms with E-state index >= 15 is 0 Å². The molecule has 31 heavy (non-hydrogen) atoms. The van der Waals surface area contributed by atoms with Crippen LogP contribution in [0.3, 0.4) is 0 Å². The zero-order chi connectivity index (χ0) is 22.5. The van der Waals surface area contributed by atoms with Crippen LogP contribution in [0.4, 0.5) is 5.69 Å². The van der Waals surface area contributed by atoms with E-state index in [1.807, 2.05) is 34.7 Å². The average molecular weight is 423 g/mol. The third kappa shape index (κ3) is 6.17. The molecule has 0 bridgehead atoms. The summed E-state index contributed by atoms with van der Waals surface area (Å²) in [6.45, 7) is 8.58. The van der Waals surface area contributed by atoms with Crippen LogP contribution in [0.2, 0.25) is 0 Å². The maximum Gasteiger partial charge on any atom is 0.279 e. The van der Waals surface area contributed by atoms with E-state index in [0.29, 0.717) is 0 Å². The van der Waals surface area contributed by atoms with Crippen molar-refractivity contribution in [3.05, 3.63) is 63.7 Å². The summed E-state index contributed by atoms with van der Waals surface area (Å²) in [6.07, 6.45) is 4.80. The fourth-order valence-electron chi connectivity index (χ4n) is 4.57. The van der Waals surface area contributed by atoms with E-state index in [9.17, 15) is 9.59 Å². The number of likely N-dealkylation sites (N-methyl/N-ethyl adjacent to an activating group) is 1. The zero-order valence-corrected chi connectivity index (χ0v) is 19.5. The molecule has 0 heterocycles. The number of benzene rings is 2. The first kappa shape index (κ1) is 23.0. The SMILES string of the molecule is Cc1cc(C)c(NC(=O)C[NH+](C)CC(=O)N[C@@H](C)c2ccc3c(c2)CCCC3)c(C)c1. The van der Waals surface area contributed by atoms with Gasteiger partial charge in [-0.2, -0.15) is 0 Å². The lowest BCUT2D eigenvalue weighted by molar-refractivity contribution is -0.862. The standard InChI is InChI=1S/C26H35N3O2/c1-17-12-18(2)26(19(3)13-17)28-25(31)16-29(5)15-24(30)27-20(4)22-11-10-21-8-6-7-9-23(21)14-22/h10-14,20H,6-9,15-16H2,1-5H3,(H,27,30)(H,28,31)/p+1/t20-/m0/s1. The van der Waals surface area contributed by atoms with E-state index in [4.69, 9.17) is 0 Å². The second-order valence-corrected chi connectivity index (χ2v) is 9.16. The number of hydrogen-bond donors (Lipinski definition) is 3. The fraction of sp³-hybridized carbons (Fsp3) is 0.462. The molecule has 2 aromatic rings. The Labute approximate surface area is 186 Å². The minimum Gasteiger partial charge on any atom is -0.345 e. The fourth-order valence-corrected chi connectivity index (χ4v) is 4.57. The molecule has 5 heteroatoms. The van der Waals surface area contributed by atoms with Crippen molar-refractivity contribution in [2.75, 3.05) is 25.5 Å². The summed E-state index contributed by atoms with van der Waals surface area (Å²) in [7, 11) is 1.87. The minimum atomic E-state index is -0.0805. The van der Waals surface area contributed by atoms with Crippen LogP contribution < -0.4 is 15.5 Å². The van der Waals surface area contributed by atoms with Crippen LogP contribution in [0.15, 0.2) is 30.3 Å². The molecule has 5 nitrogen and oxygen atoms in total. The molecule has 166 valence electrons. The number of carbonyl (C=O) groups is 2. The highest BCUT2D eigenvalue weighted by Crippen LogP contribution is 2.25. The van der Waals surface area contributed by atoms with Crippen LogP contribution in [-0.4, -0.2) is 32.0 Å². The van der Waals surface area contributed by atoms with Crippen molar-refractivity contribution < 1.29 is 14.5 Å². The maximum absolute atomic E-state index is 12.5. The summed E-state index contributed by atoms with van der Waals surface area (Å²) >= 11 is 0. The zero-order valence-electron chi connectivity index (χ0n) is 19.5. The molecule has 1 aliphatic rings. The maximum atomic E-state index is 12.5. The molecule has 0 fully saturated rings. The van der Waals surface area contributed by atoms with Crippen LogP contribution in [0.25, 0.3) is 0 Å². The van der Waals surface area contributed by atoms with Gasteiger partial charge in [0.25, 0.3) is 11.8 Å². The van der Waals surface area contributed by atoms with E-state index < -0.39 is 0 Å². The highest BCUT2D eigenvalue weighted by Gasteiger charge is 2.18. The van der Waals surface area contributed by atoms with Crippen LogP contribution in [0.5, 0.6) is 0 Å². The number of fused-ring (bicyclic) bond motifs is 1. The number of rotatable bonds is 7. The Morgan fingerprint density at radius 3 is 2.23 bits per heavy atom. The Hall–Kier alpha value is -2.66. The van der Waals surface area contributed by atoms with E-state index in [1.165, 1.54) is 29.5 Å². The van der Waals surface area contributed by atoms with Gasteiger partial charge < -0.3 is 15.5 Å². The number of anilines is 1. The summed E-state index contributed by atoms with van der Waals surface area (Å²) in [5.41, 5.74) is 8.18. The van der Waals surface area contributed by atoms with E-state index in [1.54, 1.807) is 0 Å². The quantitative estimate of drug-likeness (QED) is 0.643. The topological polar surface area (TPSA) is 62.6 Å². The van der Waals surface area contributed by atoms with Gasteiger partial charge in [0, 0.05) is 5.69 Å². The molecule has 0 aliphatic heterocycles. The molecule has 2 atom stereocenters. The van der Waals surface area contributed by atoms with Gasteiger partial charge in [0.2, 0.25) is 0 Å². The normalized spacial score (nSPS) is 15.0. The molecule has 0 spiro atoms. The molecule has 0 saturated heterocycles. The molecule has 0 aromatic heterocycles. The molecule has 2 aromatic carbocycles. The number of quaternary nitrogens is 1. The van der Waals surface area contributed by atoms with Crippen molar-refractivity contribution in [3.8, 4) is 0 Å². The van der Waals surface area contributed by atoms with Crippen molar-refractivity contribution in [1.29, 1.82) is 0 Å². The lowest BCUT2D eigenvalue weighted by Gasteiger charge is -2.21. The lowest BCUT2D eigenvalue weighted by atomic mass is 9.89. The van der Waals surface area contributed by atoms with E-state index in [0.717, 1.165) is 40.1 Å². The van der Waals surface area contributed by atoms with Crippen LogP contribution in [0.1, 0.15) is 59.2 Å². The molecule has 2 amide bonds. The molecule has 1 aliphatic carbocycles. The Balaban J connectivity index is 1.50. The molecule has 3 N–H and O–H groups in total. The Morgan fingerprint density at radius 2 is 1.55 bits per heavy atom. The summed E-state index contributed by atoms with van der Waals surface area (Å²) < 4.78 is 0. The Morgan fingerprint density at radius 1 is 0.935 bits per heavy atom. The van der Waals surface area contributed by atoms with Crippen LogP contribution in [-0.2, 0) is 22.4 Å². The molecule has 3 rings (SSSR count). The number of carbonyl (C=O) groups excluding carboxylic acids is 2. The van der Waals surface area contributed by atoms with Gasteiger partial charge in [-0.15, -0.1) is 0 Å². The van der Waals surface area contributed by atoms with Crippen molar-refractivity contribution in [3.63, 3.8) is 0 Å². The van der Waals surface area contributed by atoms with Crippen LogP contribution >= 0.6 is 0 Å². The summed E-state index contributed by atoms with van der Waals surface area (Å²) in [6, 6.07) is 10.7. The number of amides is 2. The molecular weight excluding hydrogens is 386 g/mol. The molecule has 0 radical (unpaired) electrons. The van der Waals surface area contributed by atoms with Crippen molar-refractivity contribution in [1.82, 2.24) is 5.32 Å². The average Bonchev–Trinajstić information content (AvgIpc) is 2.70. The van der Waals surface area contributed by atoms with E-state index in [-0.39, 0.29) is 30.9 Å². The predicted molar refractivity (Wildman–Crippen MR) is 126 cm³/mol. The van der Waals surface area contributed by atoms with Gasteiger partial charge in [0.15, 0.2) is 13.1 Å². The first-order chi connectivity index (χ1) is 14.7. The van der Waals surface area contributed by atoms with Gasteiger partial charge in [-0.1, -0.05) is 35.9 Å². The van der Waals surface area contributed by atoms with Crippen molar-refractivity contribution in [2.45, 2.75) is 59.4 Å². The lowest BCUT2D eigenvalue weighted by Crippen LogP contribution is -3.11. The highest BCUT2D eigenvalue weighted by molar-refractivity contribution is 5.93. The second kappa shape index (κ2) is 10.1. The van der Waals surface area contributed by atoms with Gasteiger partial charge in [-0.05, 0) is 81.2 Å². The number of aryl methyl sites for hydroxylation is 5. The smallest absolute Gasteiger partial charge is 0.279 e. The largest absolute Gasteiger partial charge is 0.345 e. The summed E-state index contributed by atoms with van der Waals surface area (Å²) in [5.74, 6) is -0.124. The van der Waals surface area contributed by atoms with Crippen molar-refractivity contribution >= 4 is 17.5 Å². The summed E-state index contributed by atoms with van der Waals surface area (Å²) in [4.78, 5) is 25.9. The number of nitrogens with one attached hydrogen (secondary N) is 3.